The molecule has 1 fully saturated rings. The average Bonchev–Trinajstić information content (AvgIpc) is 2.77. The van der Waals surface area contributed by atoms with E-state index < -0.39 is 0 Å². The number of aromatic nitrogens is 2. The maximum absolute atomic E-state index is 6.00. The predicted molar refractivity (Wildman–Crippen MR) is 87.4 cm³/mol. The van der Waals surface area contributed by atoms with Gasteiger partial charge in [-0.3, -0.25) is 0 Å². The zero-order chi connectivity index (χ0) is 14.5. The van der Waals surface area contributed by atoms with Gasteiger partial charge in [-0.05, 0) is 31.0 Å². The van der Waals surface area contributed by atoms with E-state index in [1.54, 1.807) is 6.33 Å². The summed E-state index contributed by atoms with van der Waals surface area (Å²) >= 11 is 6.00. The van der Waals surface area contributed by atoms with E-state index in [-0.39, 0.29) is 0 Å². The zero-order valence-electron chi connectivity index (χ0n) is 11.9. The largest absolute Gasteiger partial charge is 0.356 e. The fourth-order valence-electron chi connectivity index (χ4n) is 2.60. The van der Waals surface area contributed by atoms with Gasteiger partial charge in [0.05, 0.1) is 0 Å². The van der Waals surface area contributed by atoms with Gasteiger partial charge in [0.25, 0.3) is 0 Å². The van der Waals surface area contributed by atoms with Crippen molar-refractivity contribution in [3.8, 4) is 0 Å². The number of hydrogen-bond donors (Lipinski definition) is 1. The number of hydrogen-bond acceptors (Lipinski definition) is 4. The molecule has 1 aromatic heterocycles. The molecule has 3 rings (SSSR count). The smallest absolute Gasteiger partial charge is 0.135 e. The van der Waals surface area contributed by atoms with Gasteiger partial charge in [-0.1, -0.05) is 30.5 Å². The molecule has 1 aliphatic heterocycles. The van der Waals surface area contributed by atoms with Gasteiger partial charge in [0.15, 0.2) is 0 Å². The Bertz CT molecular complexity index is 594. The van der Waals surface area contributed by atoms with Crippen molar-refractivity contribution >= 4 is 28.9 Å². The second-order valence-corrected chi connectivity index (χ2v) is 5.73. The summed E-state index contributed by atoms with van der Waals surface area (Å²) < 4.78 is 0. The molecule has 0 spiro atoms. The van der Waals surface area contributed by atoms with E-state index in [4.69, 9.17) is 11.6 Å². The molecule has 1 aromatic carbocycles. The molecular formula is C16H19ClN4. The molecule has 1 N–H and O–H groups in total. The van der Waals surface area contributed by atoms with Crippen LogP contribution in [0.1, 0.15) is 25.7 Å². The normalized spacial score (nSPS) is 15.6. The molecule has 0 amide bonds. The summed E-state index contributed by atoms with van der Waals surface area (Å²) in [6, 6.07) is 9.64. The van der Waals surface area contributed by atoms with Crippen molar-refractivity contribution in [3.63, 3.8) is 0 Å². The third-order valence-corrected chi connectivity index (χ3v) is 3.91. The van der Waals surface area contributed by atoms with Crippen LogP contribution in [0, 0.1) is 0 Å². The Kier molecular flexibility index (Phi) is 4.55. The number of nitrogens with one attached hydrogen (secondary N) is 1. The summed E-state index contributed by atoms with van der Waals surface area (Å²) in [7, 11) is 0. The third kappa shape index (κ3) is 3.85. The Morgan fingerprint density at radius 1 is 1.00 bits per heavy atom. The van der Waals surface area contributed by atoms with Crippen molar-refractivity contribution in [2.75, 3.05) is 23.3 Å². The highest BCUT2D eigenvalue weighted by Gasteiger charge is 2.11. The SMILES string of the molecule is Clc1cccc(Nc2cc(N3CCCCCC3)ncn2)c1. The van der Waals surface area contributed by atoms with E-state index >= 15 is 0 Å². The Balaban J connectivity index is 1.76. The van der Waals surface area contributed by atoms with Crippen LogP contribution >= 0.6 is 11.6 Å². The minimum atomic E-state index is 0.710. The molecule has 0 bridgehead atoms. The van der Waals surface area contributed by atoms with E-state index in [0.717, 1.165) is 30.4 Å². The third-order valence-electron chi connectivity index (χ3n) is 3.68. The van der Waals surface area contributed by atoms with Crippen LogP contribution in [-0.4, -0.2) is 23.1 Å². The average molecular weight is 303 g/mol. The predicted octanol–water partition coefficient (Wildman–Crippen LogP) is 4.25. The molecule has 2 heterocycles. The van der Waals surface area contributed by atoms with Gasteiger partial charge in [-0.25, -0.2) is 9.97 Å². The highest BCUT2D eigenvalue weighted by molar-refractivity contribution is 6.30. The summed E-state index contributed by atoms with van der Waals surface area (Å²) in [5, 5.41) is 3.99. The van der Waals surface area contributed by atoms with Crippen molar-refractivity contribution in [1.82, 2.24) is 9.97 Å². The molecule has 0 unspecified atom stereocenters. The molecule has 21 heavy (non-hydrogen) atoms. The maximum atomic E-state index is 6.00. The molecule has 5 heteroatoms. The van der Waals surface area contributed by atoms with Crippen LogP contribution in [0.25, 0.3) is 0 Å². The highest BCUT2D eigenvalue weighted by Crippen LogP contribution is 2.22. The maximum Gasteiger partial charge on any atom is 0.135 e. The fraction of sp³-hybridized carbons (Fsp3) is 0.375. The number of nitrogens with zero attached hydrogens (tertiary/aromatic N) is 3. The molecule has 4 nitrogen and oxygen atoms in total. The molecule has 0 saturated carbocycles. The van der Waals surface area contributed by atoms with Crippen molar-refractivity contribution in [1.29, 1.82) is 0 Å². The lowest BCUT2D eigenvalue weighted by atomic mass is 10.2. The number of halogens is 1. The number of anilines is 3. The first kappa shape index (κ1) is 14.1. The molecule has 0 radical (unpaired) electrons. The van der Waals surface area contributed by atoms with E-state index in [9.17, 15) is 0 Å². The van der Waals surface area contributed by atoms with Gasteiger partial charge in [0.1, 0.15) is 18.0 Å². The highest BCUT2D eigenvalue weighted by atomic mass is 35.5. The lowest BCUT2D eigenvalue weighted by molar-refractivity contribution is 0.726. The van der Waals surface area contributed by atoms with Crippen molar-refractivity contribution in [2.45, 2.75) is 25.7 Å². The Hall–Kier alpha value is -1.81. The number of rotatable bonds is 3. The lowest BCUT2D eigenvalue weighted by Gasteiger charge is -2.21. The fourth-order valence-corrected chi connectivity index (χ4v) is 2.79. The second kappa shape index (κ2) is 6.76. The van der Waals surface area contributed by atoms with Crippen molar-refractivity contribution < 1.29 is 0 Å². The molecule has 0 atom stereocenters. The second-order valence-electron chi connectivity index (χ2n) is 5.30. The monoisotopic (exact) mass is 302 g/mol. The van der Waals surface area contributed by atoms with Crippen LogP contribution in [0.5, 0.6) is 0 Å². The lowest BCUT2D eigenvalue weighted by Crippen LogP contribution is -2.24. The van der Waals surface area contributed by atoms with Gasteiger partial charge in [0, 0.05) is 29.9 Å². The molecular weight excluding hydrogens is 284 g/mol. The van der Waals surface area contributed by atoms with Crippen molar-refractivity contribution in [2.24, 2.45) is 0 Å². The molecule has 110 valence electrons. The summed E-state index contributed by atoms with van der Waals surface area (Å²) in [6.45, 7) is 2.15. The first-order valence-corrected chi connectivity index (χ1v) is 7.79. The Morgan fingerprint density at radius 2 is 1.81 bits per heavy atom. The molecule has 1 aliphatic rings. The quantitative estimate of drug-likeness (QED) is 0.920. The van der Waals surface area contributed by atoms with Gasteiger partial charge < -0.3 is 10.2 Å². The van der Waals surface area contributed by atoms with Crippen LogP contribution in [0.4, 0.5) is 17.3 Å². The van der Waals surface area contributed by atoms with E-state index in [0.29, 0.717) is 5.02 Å². The minimum absolute atomic E-state index is 0.710. The molecule has 1 saturated heterocycles. The summed E-state index contributed by atoms with van der Waals surface area (Å²) in [6.07, 6.45) is 6.72. The van der Waals surface area contributed by atoms with E-state index in [1.807, 2.05) is 30.3 Å². The van der Waals surface area contributed by atoms with Gasteiger partial charge >= 0.3 is 0 Å². The Labute approximate surface area is 130 Å². The summed E-state index contributed by atoms with van der Waals surface area (Å²) in [5.41, 5.74) is 0.933. The number of benzene rings is 1. The minimum Gasteiger partial charge on any atom is -0.356 e. The van der Waals surface area contributed by atoms with Crippen LogP contribution in [0.3, 0.4) is 0 Å². The zero-order valence-corrected chi connectivity index (χ0v) is 12.7. The molecule has 2 aromatic rings. The van der Waals surface area contributed by atoms with Crippen LogP contribution in [0.2, 0.25) is 5.02 Å². The van der Waals surface area contributed by atoms with E-state index in [1.165, 1.54) is 25.7 Å². The van der Waals surface area contributed by atoms with Crippen LogP contribution in [-0.2, 0) is 0 Å². The standard InChI is InChI=1S/C16H19ClN4/c17-13-6-5-7-14(10-13)20-15-11-16(19-12-18-15)21-8-3-1-2-4-9-21/h5-7,10-12H,1-4,8-9H2,(H,18,19,20). The van der Waals surface area contributed by atoms with Crippen LogP contribution < -0.4 is 10.2 Å². The first-order chi connectivity index (χ1) is 10.3. The van der Waals surface area contributed by atoms with E-state index in [2.05, 4.69) is 20.2 Å². The molecule has 0 aliphatic carbocycles. The van der Waals surface area contributed by atoms with Gasteiger partial charge in [-0.2, -0.15) is 0 Å². The summed E-state index contributed by atoms with van der Waals surface area (Å²) in [5.74, 6) is 1.79. The van der Waals surface area contributed by atoms with Crippen LogP contribution in [0.15, 0.2) is 36.7 Å². The first-order valence-electron chi connectivity index (χ1n) is 7.41. The van der Waals surface area contributed by atoms with Crippen molar-refractivity contribution in [3.05, 3.63) is 41.7 Å². The summed E-state index contributed by atoms with van der Waals surface area (Å²) in [4.78, 5) is 11.0. The topological polar surface area (TPSA) is 41.0 Å². The van der Waals surface area contributed by atoms with Gasteiger partial charge in [0.2, 0.25) is 0 Å². The van der Waals surface area contributed by atoms with Gasteiger partial charge in [-0.15, -0.1) is 0 Å². The Morgan fingerprint density at radius 3 is 2.57 bits per heavy atom.